The van der Waals surface area contributed by atoms with E-state index in [4.69, 9.17) is 16.0 Å². The summed E-state index contributed by atoms with van der Waals surface area (Å²) in [4.78, 5) is 19.2. The third kappa shape index (κ3) is 3.11. The average molecular weight is 368 g/mol. The van der Waals surface area contributed by atoms with Crippen molar-refractivity contribution in [2.45, 2.75) is 19.5 Å². The SMILES string of the molecule is C[C@@H]1CN(C(=O)c2ccc(-c3ncco3)cc2Cl)c2ccccc2CN1. The van der Waals surface area contributed by atoms with Gasteiger partial charge in [-0.05, 0) is 36.8 Å². The van der Waals surface area contributed by atoms with Crippen LogP contribution < -0.4 is 10.2 Å². The number of rotatable bonds is 2. The fourth-order valence-corrected chi connectivity index (χ4v) is 3.43. The molecular formula is C20H18ClN3O2. The number of nitrogens with zero attached hydrogens (tertiary/aromatic N) is 2. The van der Waals surface area contributed by atoms with Crippen molar-refractivity contribution in [1.82, 2.24) is 10.3 Å². The molecule has 0 unspecified atom stereocenters. The van der Waals surface area contributed by atoms with Crippen LogP contribution in [0.2, 0.25) is 5.02 Å². The molecule has 1 aliphatic heterocycles. The molecule has 2 aromatic carbocycles. The van der Waals surface area contributed by atoms with E-state index in [2.05, 4.69) is 17.2 Å². The van der Waals surface area contributed by atoms with Crippen LogP contribution in [0.15, 0.2) is 59.3 Å². The number of carbonyl (C=O) groups is 1. The van der Waals surface area contributed by atoms with E-state index in [0.29, 0.717) is 23.0 Å². The lowest BCUT2D eigenvalue weighted by molar-refractivity contribution is 0.0985. The topological polar surface area (TPSA) is 58.4 Å². The van der Waals surface area contributed by atoms with Crippen LogP contribution in [0.3, 0.4) is 0 Å². The largest absolute Gasteiger partial charge is 0.445 e. The van der Waals surface area contributed by atoms with Crippen LogP contribution in [0.4, 0.5) is 5.69 Å². The maximum atomic E-state index is 13.3. The number of fused-ring (bicyclic) bond motifs is 1. The van der Waals surface area contributed by atoms with Crippen molar-refractivity contribution in [3.63, 3.8) is 0 Å². The van der Waals surface area contributed by atoms with Gasteiger partial charge in [0, 0.05) is 30.4 Å². The molecule has 1 aromatic heterocycles. The molecule has 4 rings (SSSR count). The molecule has 1 aliphatic rings. The molecule has 0 fully saturated rings. The van der Waals surface area contributed by atoms with Gasteiger partial charge in [-0.2, -0.15) is 0 Å². The molecule has 0 spiro atoms. The number of aromatic nitrogens is 1. The number of nitrogens with one attached hydrogen (secondary N) is 1. The molecule has 26 heavy (non-hydrogen) atoms. The average Bonchev–Trinajstić information content (AvgIpc) is 3.13. The van der Waals surface area contributed by atoms with Gasteiger partial charge in [0.2, 0.25) is 5.89 Å². The molecule has 0 aliphatic carbocycles. The molecule has 0 radical (unpaired) electrons. The van der Waals surface area contributed by atoms with Crippen molar-refractivity contribution >= 4 is 23.2 Å². The number of anilines is 1. The molecule has 1 atom stereocenters. The summed E-state index contributed by atoms with van der Waals surface area (Å²) in [7, 11) is 0. The Balaban J connectivity index is 1.71. The van der Waals surface area contributed by atoms with Crippen LogP contribution in [0, 0.1) is 0 Å². The molecule has 1 amide bonds. The minimum absolute atomic E-state index is 0.114. The number of carbonyl (C=O) groups excluding carboxylic acids is 1. The Bertz CT molecular complexity index is 940. The molecule has 2 heterocycles. The van der Waals surface area contributed by atoms with Crippen LogP contribution in [-0.4, -0.2) is 23.5 Å². The van der Waals surface area contributed by atoms with E-state index in [-0.39, 0.29) is 11.9 Å². The number of hydrogen-bond acceptors (Lipinski definition) is 4. The summed E-state index contributed by atoms with van der Waals surface area (Å²) < 4.78 is 5.29. The quantitative estimate of drug-likeness (QED) is 0.739. The van der Waals surface area contributed by atoms with Gasteiger partial charge in [-0.1, -0.05) is 29.8 Å². The second-order valence-electron chi connectivity index (χ2n) is 6.36. The smallest absolute Gasteiger partial charge is 0.259 e. The fraction of sp³-hybridized carbons (Fsp3) is 0.200. The van der Waals surface area contributed by atoms with Crippen LogP contribution in [0.5, 0.6) is 0 Å². The number of benzene rings is 2. The van der Waals surface area contributed by atoms with Gasteiger partial charge in [-0.15, -0.1) is 0 Å². The van der Waals surface area contributed by atoms with E-state index in [1.807, 2.05) is 24.3 Å². The highest BCUT2D eigenvalue weighted by Crippen LogP contribution is 2.29. The zero-order valence-electron chi connectivity index (χ0n) is 14.3. The minimum atomic E-state index is -0.114. The Kier molecular flexibility index (Phi) is 4.49. The van der Waals surface area contributed by atoms with Gasteiger partial charge in [0.05, 0.1) is 16.8 Å². The Morgan fingerprint density at radius 1 is 1.31 bits per heavy atom. The summed E-state index contributed by atoms with van der Waals surface area (Å²) in [6.07, 6.45) is 3.08. The van der Waals surface area contributed by atoms with Crippen molar-refractivity contribution in [2.75, 3.05) is 11.4 Å². The summed E-state index contributed by atoms with van der Waals surface area (Å²) in [5.74, 6) is 0.362. The summed E-state index contributed by atoms with van der Waals surface area (Å²) in [5, 5.41) is 3.81. The number of para-hydroxylation sites is 1. The molecule has 0 saturated carbocycles. The molecule has 6 heteroatoms. The van der Waals surface area contributed by atoms with Crippen molar-refractivity contribution < 1.29 is 9.21 Å². The Hall–Kier alpha value is -2.63. The van der Waals surface area contributed by atoms with Gasteiger partial charge in [0.25, 0.3) is 5.91 Å². The molecular weight excluding hydrogens is 350 g/mol. The molecule has 0 bridgehead atoms. The molecule has 3 aromatic rings. The van der Waals surface area contributed by atoms with E-state index in [9.17, 15) is 4.79 Å². The number of oxazole rings is 1. The Labute approximate surface area is 156 Å². The first-order valence-corrected chi connectivity index (χ1v) is 8.84. The summed E-state index contributed by atoms with van der Waals surface area (Å²) >= 11 is 6.43. The van der Waals surface area contributed by atoms with Crippen molar-refractivity contribution in [1.29, 1.82) is 0 Å². The van der Waals surface area contributed by atoms with E-state index >= 15 is 0 Å². The van der Waals surface area contributed by atoms with E-state index in [1.54, 1.807) is 29.3 Å². The Morgan fingerprint density at radius 3 is 2.92 bits per heavy atom. The predicted octanol–water partition coefficient (Wildman–Crippen LogP) is 4.13. The molecule has 1 N–H and O–H groups in total. The van der Waals surface area contributed by atoms with Crippen LogP contribution in [-0.2, 0) is 6.54 Å². The summed E-state index contributed by atoms with van der Waals surface area (Å²) in [5.41, 5.74) is 3.22. The predicted molar refractivity (Wildman–Crippen MR) is 101 cm³/mol. The van der Waals surface area contributed by atoms with Gasteiger partial charge < -0.3 is 14.6 Å². The first-order valence-electron chi connectivity index (χ1n) is 8.46. The molecule has 5 nitrogen and oxygen atoms in total. The zero-order chi connectivity index (χ0) is 18.1. The second-order valence-corrected chi connectivity index (χ2v) is 6.77. The highest BCUT2D eigenvalue weighted by atomic mass is 35.5. The standard InChI is InChI=1S/C20H18ClN3O2/c1-13-12-24(18-5-3-2-4-15(18)11-23-13)20(25)16-7-6-14(10-17(16)21)19-22-8-9-26-19/h2-10,13,23H,11-12H2,1H3/t13-/m1/s1. The second kappa shape index (κ2) is 6.94. The van der Waals surface area contributed by atoms with Crippen LogP contribution in [0.1, 0.15) is 22.8 Å². The number of hydrogen-bond donors (Lipinski definition) is 1. The first-order chi connectivity index (χ1) is 12.6. The number of amides is 1. The van der Waals surface area contributed by atoms with Gasteiger partial charge >= 0.3 is 0 Å². The third-order valence-corrected chi connectivity index (χ3v) is 4.82. The maximum absolute atomic E-state index is 13.3. The van der Waals surface area contributed by atoms with Crippen molar-refractivity contribution in [3.05, 3.63) is 71.1 Å². The highest BCUT2D eigenvalue weighted by Gasteiger charge is 2.26. The monoisotopic (exact) mass is 367 g/mol. The fourth-order valence-electron chi connectivity index (χ4n) is 3.17. The van der Waals surface area contributed by atoms with E-state index in [0.717, 1.165) is 23.4 Å². The van der Waals surface area contributed by atoms with Crippen molar-refractivity contribution in [3.8, 4) is 11.5 Å². The summed E-state index contributed by atoms with van der Waals surface area (Å²) in [6, 6.07) is 13.4. The maximum Gasteiger partial charge on any atom is 0.259 e. The number of halogens is 1. The van der Waals surface area contributed by atoms with E-state index in [1.165, 1.54) is 6.26 Å². The zero-order valence-corrected chi connectivity index (χ0v) is 15.0. The lowest BCUT2D eigenvalue weighted by atomic mass is 10.1. The lowest BCUT2D eigenvalue weighted by Crippen LogP contribution is -2.39. The normalized spacial score (nSPS) is 16.8. The summed E-state index contributed by atoms with van der Waals surface area (Å²) in [6.45, 7) is 3.38. The van der Waals surface area contributed by atoms with Gasteiger partial charge in [0.15, 0.2) is 0 Å². The molecule has 132 valence electrons. The van der Waals surface area contributed by atoms with Crippen molar-refractivity contribution in [2.24, 2.45) is 0 Å². The van der Waals surface area contributed by atoms with Crippen LogP contribution >= 0.6 is 11.6 Å². The Morgan fingerprint density at radius 2 is 2.15 bits per heavy atom. The van der Waals surface area contributed by atoms with Gasteiger partial charge in [-0.25, -0.2) is 4.98 Å². The lowest BCUT2D eigenvalue weighted by Gasteiger charge is -2.25. The third-order valence-electron chi connectivity index (χ3n) is 4.50. The minimum Gasteiger partial charge on any atom is -0.445 e. The molecule has 0 saturated heterocycles. The van der Waals surface area contributed by atoms with E-state index < -0.39 is 0 Å². The van der Waals surface area contributed by atoms with Gasteiger partial charge in [-0.3, -0.25) is 4.79 Å². The first kappa shape index (κ1) is 16.8. The van der Waals surface area contributed by atoms with Crippen LogP contribution in [0.25, 0.3) is 11.5 Å². The van der Waals surface area contributed by atoms with Gasteiger partial charge in [0.1, 0.15) is 6.26 Å². The highest BCUT2D eigenvalue weighted by molar-refractivity contribution is 6.34.